The van der Waals surface area contributed by atoms with Gasteiger partial charge in [-0.3, -0.25) is 0 Å². The van der Waals surface area contributed by atoms with Gasteiger partial charge in [0.25, 0.3) is 0 Å². The molecule has 1 aliphatic rings. The summed E-state index contributed by atoms with van der Waals surface area (Å²) in [6.07, 6.45) is 3.44. The molecule has 0 radical (unpaired) electrons. The van der Waals surface area contributed by atoms with Gasteiger partial charge in [-0.15, -0.1) is 0 Å². The summed E-state index contributed by atoms with van der Waals surface area (Å²) in [5.74, 6) is -0.358. The molecular formula is C13H16FN3. The van der Waals surface area contributed by atoms with E-state index in [-0.39, 0.29) is 5.82 Å². The van der Waals surface area contributed by atoms with Crippen molar-refractivity contribution < 1.29 is 4.39 Å². The average Bonchev–Trinajstić information content (AvgIpc) is 2.84. The molecule has 1 atom stereocenters. The van der Waals surface area contributed by atoms with Crippen LogP contribution in [0.5, 0.6) is 0 Å². The first-order chi connectivity index (χ1) is 8.29. The van der Waals surface area contributed by atoms with Crippen LogP contribution in [-0.2, 0) is 0 Å². The number of hydrogen-bond acceptors (Lipinski definition) is 3. The molecule has 0 unspecified atom stereocenters. The zero-order valence-corrected chi connectivity index (χ0v) is 9.67. The number of halogens is 1. The van der Waals surface area contributed by atoms with Gasteiger partial charge in [-0.2, -0.15) is 5.26 Å². The Labute approximate surface area is 101 Å². The van der Waals surface area contributed by atoms with Crippen molar-refractivity contribution in [1.29, 1.82) is 5.26 Å². The van der Waals surface area contributed by atoms with E-state index in [1.54, 1.807) is 12.1 Å². The van der Waals surface area contributed by atoms with Crippen LogP contribution >= 0.6 is 0 Å². The van der Waals surface area contributed by atoms with Crippen LogP contribution in [0.2, 0.25) is 0 Å². The molecule has 0 amide bonds. The summed E-state index contributed by atoms with van der Waals surface area (Å²) in [6, 6.07) is 6.98. The van der Waals surface area contributed by atoms with Gasteiger partial charge in [-0.05, 0) is 44.0 Å². The van der Waals surface area contributed by atoms with E-state index >= 15 is 0 Å². The second-order valence-electron chi connectivity index (χ2n) is 4.32. The molecule has 0 spiro atoms. The Kier molecular flexibility index (Phi) is 3.94. The smallest absolute Gasteiger partial charge is 0.147 e. The minimum absolute atomic E-state index is 0.352. The van der Waals surface area contributed by atoms with Crippen molar-refractivity contribution in [2.75, 3.05) is 18.4 Å². The molecule has 1 aromatic rings. The Hall–Kier alpha value is -1.60. The Balaban J connectivity index is 1.84. The second kappa shape index (κ2) is 5.65. The van der Waals surface area contributed by atoms with Crippen molar-refractivity contribution in [3.63, 3.8) is 0 Å². The lowest BCUT2D eigenvalue weighted by atomic mass is 10.1. The fourth-order valence-corrected chi connectivity index (χ4v) is 2.11. The summed E-state index contributed by atoms with van der Waals surface area (Å²) in [5, 5.41) is 15.1. The molecule has 1 aromatic carbocycles. The van der Waals surface area contributed by atoms with Gasteiger partial charge in [0.05, 0.1) is 17.3 Å². The summed E-state index contributed by atoms with van der Waals surface area (Å²) in [7, 11) is 0. The standard InChI is InChI=1S/C13H16FN3/c14-12-8-10(9-15)3-4-13(12)17-7-5-11-2-1-6-16-11/h3-4,8,11,16-17H,1-2,5-7H2/t11-/m1/s1. The predicted octanol–water partition coefficient (Wildman–Crippen LogP) is 2.25. The number of rotatable bonds is 4. The Morgan fingerprint density at radius 2 is 2.41 bits per heavy atom. The first-order valence-corrected chi connectivity index (χ1v) is 5.96. The number of anilines is 1. The predicted molar refractivity (Wildman–Crippen MR) is 65.2 cm³/mol. The summed E-state index contributed by atoms with van der Waals surface area (Å²) >= 11 is 0. The van der Waals surface area contributed by atoms with Crippen LogP contribution in [0.3, 0.4) is 0 Å². The van der Waals surface area contributed by atoms with E-state index < -0.39 is 0 Å². The molecule has 2 rings (SSSR count). The summed E-state index contributed by atoms with van der Waals surface area (Å²) in [6.45, 7) is 1.84. The van der Waals surface area contributed by atoms with Crippen LogP contribution in [0.1, 0.15) is 24.8 Å². The van der Waals surface area contributed by atoms with Crippen LogP contribution in [0, 0.1) is 17.1 Å². The molecule has 1 saturated heterocycles. The van der Waals surface area contributed by atoms with E-state index in [0.29, 0.717) is 17.3 Å². The monoisotopic (exact) mass is 233 g/mol. The zero-order chi connectivity index (χ0) is 12.1. The lowest BCUT2D eigenvalue weighted by molar-refractivity contribution is 0.572. The van der Waals surface area contributed by atoms with Crippen LogP contribution in [0.25, 0.3) is 0 Å². The molecule has 17 heavy (non-hydrogen) atoms. The molecule has 0 bridgehead atoms. The fourth-order valence-electron chi connectivity index (χ4n) is 2.11. The van der Waals surface area contributed by atoms with Crippen molar-refractivity contribution >= 4 is 5.69 Å². The molecule has 1 fully saturated rings. The van der Waals surface area contributed by atoms with Crippen LogP contribution < -0.4 is 10.6 Å². The van der Waals surface area contributed by atoms with Crippen LogP contribution in [0.4, 0.5) is 10.1 Å². The molecule has 0 aliphatic carbocycles. The Morgan fingerprint density at radius 3 is 3.06 bits per heavy atom. The van der Waals surface area contributed by atoms with Gasteiger partial charge in [0.2, 0.25) is 0 Å². The van der Waals surface area contributed by atoms with Gasteiger partial charge < -0.3 is 10.6 Å². The Morgan fingerprint density at radius 1 is 1.53 bits per heavy atom. The second-order valence-corrected chi connectivity index (χ2v) is 4.32. The van der Waals surface area contributed by atoms with Crippen molar-refractivity contribution in [3.05, 3.63) is 29.6 Å². The molecular weight excluding hydrogens is 217 g/mol. The van der Waals surface area contributed by atoms with E-state index in [9.17, 15) is 4.39 Å². The molecule has 0 aromatic heterocycles. The van der Waals surface area contributed by atoms with E-state index in [0.717, 1.165) is 19.5 Å². The van der Waals surface area contributed by atoms with Gasteiger partial charge in [-0.25, -0.2) is 4.39 Å². The van der Waals surface area contributed by atoms with Crippen molar-refractivity contribution in [2.24, 2.45) is 0 Å². The third kappa shape index (κ3) is 3.18. The van der Waals surface area contributed by atoms with Crippen molar-refractivity contribution in [1.82, 2.24) is 5.32 Å². The van der Waals surface area contributed by atoms with E-state index in [1.165, 1.54) is 18.9 Å². The Bertz CT molecular complexity index is 419. The number of hydrogen-bond donors (Lipinski definition) is 2. The average molecular weight is 233 g/mol. The molecule has 3 nitrogen and oxygen atoms in total. The lowest BCUT2D eigenvalue weighted by Crippen LogP contribution is -2.24. The quantitative estimate of drug-likeness (QED) is 0.838. The van der Waals surface area contributed by atoms with E-state index in [4.69, 9.17) is 5.26 Å². The molecule has 90 valence electrons. The number of nitrogens with zero attached hydrogens (tertiary/aromatic N) is 1. The lowest BCUT2D eigenvalue weighted by Gasteiger charge is -2.12. The summed E-state index contributed by atoms with van der Waals surface area (Å²) in [4.78, 5) is 0. The third-order valence-corrected chi connectivity index (χ3v) is 3.07. The highest BCUT2D eigenvalue weighted by atomic mass is 19.1. The first kappa shape index (κ1) is 11.9. The van der Waals surface area contributed by atoms with Crippen molar-refractivity contribution in [2.45, 2.75) is 25.3 Å². The molecule has 0 saturated carbocycles. The topological polar surface area (TPSA) is 47.9 Å². The SMILES string of the molecule is N#Cc1ccc(NCC[C@H]2CCCN2)c(F)c1. The van der Waals surface area contributed by atoms with Gasteiger partial charge in [0.1, 0.15) is 5.82 Å². The van der Waals surface area contributed by atoms with Gasteiger partial charge >= 0.3 is 0 Å². The van der Waals surface area contributed by atoms with Gasteiger partial charge in [0.15, 0.2) is 0 Å². The van der Waals surface area contributed by atoms with Crippen LogP contribution in [-0.4, -0.2) is 19.1 Å². The summed E-state index contributed by atoms with van der Waals surface area (Å²) in [5.41, 5.74) is 0.826. The summed E-state index contributed by atoms with van der Waals surface area (Å²) < 4.78 is 13.5. The fraction of sp³-hybridized carbons (Fsp3) is 0.462. The van der Waals surface area contributed by atoms with E-state index in [1.807, 2.05) is 6.07 Å². The van der Waals surface area contributed by atoms with E-state index in [2.05, 4.69) is 10.6 Å². The molecule has 2 N–H and O–H groups in total. The third-order valence-electron chi connectivity index (χ3n) is 3.07. The molecule has 1 aliphatic heterocycles. The highest BCUT2D eigenvalue weighted by Crippen LogP contribution is 2.16. The molecule has 4 heteroatoms. The number of benzene rings is 1. The zero-order valence-electron chi connectivity index (χ0n) is 9.67. The number of nitriles is 1. The largest absolute Gasteiger partial charge is 0.383 e. The van der Waals surface area contributed by atoms with Crippen molar-refractivity contribution in [3.8, 4) is 6.07 Å². The highest BCUT2D eigenvalue weighted by molar-refractivity contribution is 5.48. The maximum absolute atomic E-state index is 13.5. The number of nitrogens with one attached hydrogen (secondary N) is 2. The minimum atomic E-state index is -0.358. The minimum Gasteiger partial charge on any atom is -0.383 e. The maximum Gasteiger partial charge on any atom is 0.147 e. The van der Waals surface area contributed by atoms with Crippen LogP contribution in [0.15, 0.2) is 18.2 Å². The normalized spacial score (nSPS) is 18.9. The molecule has 1 heterocycles. The van der Waals surface area contributed by atoms with Gasteiger partial charge in [0, 0.05) is 12.6 Å². The van der Waals surface area contributed by atoms with Gasteiger partial charge in [-0.1, -0.05) is 0 Å². The highest BCUT2D eigenvalue weighted by Gasteiger charge is 2.13. The maximum atomic E-state index is 13.5. The first-order valence-electron chi connectivity index (χ1n) is 5.96.